The van der Waals surface area contributed by atoms with Crippen LogP contribution in [-0.2, 0) is 0 Å². The number of hydrogen-bond acceptors (Lipinski definition) is 3. The molecule has 47 heavy (non-hydrogen) atoms. The highest BCUT2D eigenvalue weighted by Gasteiger charge is 2.18. The van der Waals surface area contributed by atoms with Gasteiger partial charge < -0.3 is 4.42 Å². The predicted molar refractivity (Wildman–Crippen MR) is 194 cm³/mol. The largest absolute Gasteiger partial charge is 0.455 e. The summed E-state index contributed by atoms with van der Waals surface area (Å²) in [6.07, 6.45) is 0. The predicted octanol–water partition coefficient (Wildman–Crippen LogP) is 11.9. The maximum atomic E-state index is 6.51. The van der Waals surface area contributed by atoms with E-state index in [9.17, 15) is 0 Å². The molecule has 0 aliphatic carbocycles. The molecule has 0 N–H and O–H groups in total. The van der Waals surface area contributed by atoms with Crippen molar-refractivity contribution < 1.29 is 4.42 Å². The minimum absolute atomic E-state index is 0.690. The van der Waals surface area contributed by atoms with Gasteiger partial charge in [-0.05, 0) is 63.7 Å². The monoisotopic (exact) mass is 600 g/mol. The molecule has 0 bridgehead atoms. The lowest BCUT2D eigenvalue weighted by atomic mass is 9.95. The molecule has 0 aliphatic heterocycles. The third-order valence-corrected chi connectivity index (χ3v) is 8.90. The van der Waals surface area contributed by atoms with Crippen LogP contribution in [0.15, 0.2) is 174 Å². The number of aromatic nitrogens is 2. The summed E-state index contributed by atoms with van der Waals surface area (Å²) in [5.74, 6) is 0.690. The van der Waals surface area contributed by atoms with Crippen LogP contribution >= 0.6 is 0 Å². The van der Waals surface area contributed by atoms with E-state index in [1.54, 1.807) is 0 Å². The molecule has 0 radical (unpaired) electrons. The lowest BCUT2D eigenvalue weighted by Crippen LogP contribution is -1.96. The molecule has 0 spiro atoms. The average molecular weight is 601 g/mol. The van der Waals surface area contributed by atoms with Crippen LogP contribution in [0, 0.1) is 0 Å². The van der Waals surface area contributed by atoms with E-state index in [1.165, 1.54) is 22.3 Å². The molecule has 7 aromatic carbocycles. The highest BCUT2D eigenvalue weighted by atomic mass is 16.3. The first-order valence-corrected chi connectivity index (χ1v) is 15.8. The lowest BCUT2D eigenvalue weighted by Gasteiger charge is -2.12. The molecule has 2 heterocycles. The molecule has 9 aromatic rings. The summed E-state index contributed by atoms with van der Waals surface area (Å²) in [4.78, 5) is 10.3. The molecule has 0 unspecified atom stereocenters. The molecule has 3 heteroatoms. The van der Waals surface area contributed by atoms with Crippen LogP contribution in [0.1, 0.15) is 0 Å². The van der Waals surface area contributed by atoms with Gasteiger partial charge in [-0.1, -0.05) is 140 Å². The molecule has 3 nitrogen and oxygen atoms in total. The Morgan fingerprint density at radius 3 is 1.62 bits per heavy atom. The minimum Gasteiger partial charge on any atom is -0.455 e. The van der Waals surface area contributed by atoms with Gasteiger partial charge in [0, 0.05) is 21.9 Å². The zero-order valence-electron chi connectivity index (χ0n) is 25.5. The second-order valence-corrected chi connectivity index (χ2v) is 11.8. The van der Waals surface area contributed by atoms with E-state index < -0.39 is 0 Å². The average Bonchev–Trinajstić information content (AvgIpc) is 3.54. The molecule has 0 saturated carbocycles. The van der Waals surface area contributed by atoms with Gasteiger partial charge in [-0.25, -0.2) is 9.97 Å². The van der Waals surface area contributed by atoms with E-state index in [2.05, 4.69) is 127 Å². The third-order valence-electron chi connectivity index (χ3n) is 8.90. The summed E-state index contributed by atoms with van der Waals surface area (Å²) in [6, 6.07) is 59.2. The number of hydrogen-bond donors (Lipinski definition) is 0. The standard InChI is InChI=1S/C44H28N2O/c1-3-11-29(12-4-1)30-21-23-31(24-22-30)33-15-9-16-34(27-33)35-17-10-18-36(28-35)42-41-39(45-44(46-42)32-13-5-2-6-14-32)26-25-38-37-19-7-8-20-40(37)47-43(38)41/h1-28H. The Bertz CT molecular complexity index is 2550. The fraction of sp³-hybridized carbons (Fsp3) is 0. The molecule has 0 fully saturated rings. The van der Waals surface area contributed by atoms with Gasteiger partial charge in [0.25, 0.3) is 0 Å². The van der Waals surface area contributed by atoms with Gasteiger partial charge in [-0.2, -0.15) is 0 Å². The van der Waals surface area contributed by atoms with E-state index in [0.29, 0.717) is 5.82 Å². The fourth-order valence-electron chi connectivity index (χ4n) is 6.54. The first kappa shape index (κ1) is 27.0. The Morgan fingerprint density at radius 2 is 0.894 bits per heavy atom. The van der Waals surface area contributed by atoms with Gasteiger partial charge in [0.1, 0.15) is 11.2 Å². The van der Waals surface area contributed by atoms with Crippen LogP contribution in [0.2, 0.25) is 0 Å². The Balaban J connectivity index is 1.18. The van der Waals surface area contributed by atoms with Crippen molar-refractivity contribution in [3.05, 3.63) is 170 Å². The normalized spacial score (nSPS) is 11.4. The smallest absolute Gasteiger partial charge is 0.160 e. The Morgan fingerprint density at radius 1 is 0.362 bits per heavy atom. The molecule has 2 aromatic heterocycles. The van der Waals surface area contributed by atoms with Crippen LogP contribution in [0.25, 0.3) is 88.9 Å². The summed E-state index contributed by atoms with van der Waals surface area (Å²) in [5, 5.41) is 3.07. The zero-order chi connectivity index (χ0) is 31.2. The van der Waals surface area contributed by atoms with Crippen LogP contribution in [0.3, 0.4) is 0 Å². The van der Waals surface area contributed by atoms with E-state index in [4.69, 9.17) is 14.4 Å². The molecule has 0 amide bonds. The van der Waals surface area contributed by atoms with Crippen molar-refractivity contribution in [3.63, 3.8) is 0 Å². The Kier molecular flexibility index (Phi) is 6.46. The highest BCUT2D eigenvalue weighted by molar-refractivity contribution is 6.17. The molecule has 9 rings (SSSR count). The van der Waals surface area contributed by atoms with Crippen molar-refractivity contribution in [2.24, 2.45) is 0 Å². The summed E-state index contributed by atoms with van der Waals surface area (Å²) >= 11 is 0. The van der Waals surface area contributed by atoms with Crippen LogP contribution in [-0.4, -0.2) is 9.97 Å². The molecule has 0 aliphatic rings. The molecular formula is C44H28N2O. The first-order chi connectivity index (χ1) is 23.3. The minimum atomic E-state index is 0.690. The number of benzene rings is 7. The summed E-state index contributed by atoms with van der Waals surface area (Å²) in [6.45, 7) is 0. The van der Waals surface area contributed by atoms with Crippen molar-refractivity contribution in [1.82, 2.24) is 9.97 Å². The second kappa shape index (κ2) is 11.2. The van der Waals surface area contributed by atoms with Gasteiger partial charge in [-0.3, -0.25) is 0 Å². The van der Waals surface area contributed by atoms with Gasteiger partial charge in [0.2, 0.25) is 0 Å². The summed E-state index contributed by atoms with van der Waals surface area (Å²) in [7, 11) is 0. The fourth-order valence-corrected chi connectivity index (χ4v) is 6.54. The van der Waals surface area contributed by atoms with Crippen LogP contribution in [0.4, 0.5) is 0 Å². The lowest BCUT2D eigenvalue weighted by molar-refractivity contribution is 0.672. The van der Waals surface area contributed by atoms with E-state index in [0.717, 1.165) is 60.8 Å². The molecule has 220 valence electrons. The number of fused-ring (bicyclic) bond motifs is 5. The SMILES string of the molecule is c1ccc(-c2ccc(-c3cccc(-c4cccc(-c5nc(-c6ccccc6)nc6ccc7c8ccccc8oc7c56)c4)c3)cc2)cc1. The van der Waals surface area contributed by atoms with Crippen molar-refractivity contribution in [1.29, 1.82) is 0 Å². The Labute approximate surface area is 272 Å². The van der Waals surface area contributed by atoms with Crippen LogP contribution in [0.5, 0.6) is 0 Å². The second-order valence-electron chi connectivity index (χ2n) is 11.8. The highest BCUT2D eigenvalue weighted by Crippen LogP contribution is 2.39. The molecular weight excluding hydrogens is 572 g/mol. The Hall–Kier alpha value is -6.32. The van der Waals surface area contributed by atoms with Gasteiger partial charge in [0.05, 0.1) is 16.6 Å². The molecule has 0 saturated heterocycles. The van der Waals surface area contributed by atoms with E-state index in [1.807, 2.05) is 42.5 Å². The maximum Gasteiger partial charge on any atom is 0.160 e. The van der Waals surface area contributed by atoms with E-state index >= 15 is 0 Å². The topological polar surface area (TPSA) is 38.9 Å². The maximum absolute atomic E-state index is 6.51. The third kappa shape index (κ3) is 4.86. The van der Waals surface area contributed by atoms with Gasteiger partial charge in [-0.15, -0.1) is 0 Å². The van der Waals surface area contributed by atoms with Gasteiger partial charge >= 0.3 is 0 Å². The number of rotatable bonds is 5. The summed E-state index contributed by atoms with van der Waals surface area (Å²) < 4.78 is 6.51. The van der Waals surface area contributed by atoms with Crippen molar-refractivity contribution >= 4 is 32.8 Å². The molecule has 0 atom stereocenters. The van der Waals surface area contributed by atoms with Crippen molar-refractivity contribution in [2.75, 3.05) is 0 Å². The van der Waals surface area contributed by atoms with Crippen LogP contribution < -0.4 is 0 Å². The van der Waals surface area contributed by atoms with E-state index in [-0.39, 0.29) is 0 Å². The number of para-hydroxylation sites is 1. The number of furan rings is 1. The summed E-state index contributed by atoms with van der Waals surface area (Å²) in [5.41, 5.74) is 12.4. The van der Waals surface area contributed by atoms with Crippen molar-refractivity contribution in [3.8, 4) is 56.0 Å². The zero-order valence-corrected chi connectivity index (χ0v) is 25.5. The van der Waals surface area contributed by atoms with Crippen molar-refractivity contribution in [2.45, 2.75) is 0 Å². The quantitative estimate of drug-likeness (QED) is 0.197. The number of nitrogens with zero attached hydrogens (tertiary/aromatic N) is 2. The van der Waals surface area contributed by atoms with Gasteiger partial charge in [0.15, 0.2) is 5.82 Å². The first-order valence-electron chi connectivity index (χ1n) is 15.8.